The Balaban J connectivity index is 1.12. The Morgan fingerprint density at radius 2 is 1.88 bits per heavy atom. The van der Waals surface area contributed by atoms with Crippen LogP contribution >= 0.6 is 0 Å². The molecule has 33 heavy (non-hydrogen) atoms. The van der Waals surface area contributed by atoms with Gasteiger partial charge >= 0.3 is 0 Å². The maximum atomic E-state index is 6.00. The number of nitrogens with two attached hydrogens (primary N) is 1. The van der Waals surface area contributed by atoms with Crippen molar-refractivity contribution >= 4 is 5.69 Å². The number of nitrogens with zero attached hydrogens (tertiary/aromatic N) is 2. The van der Waals surface area contributed by atoms with Crippen molar-refractivity contribution in [3.05, 3.63) is 66.3 Å². The highest BCUT2D eigenvalue weighted by atomic mass is 16.5. The Hall–Kier alpha value is -3.07. The summed E-state index contributed by atoms with van der Waals surface area (Å²) in [7, 11) is 0. The second-order valence-electron chi connectivity index (χ2n) is 8.04. The van der Waals surface area contributed by atoms with Gasteiger partial charge in [0.15, 0.2) is 0 Å². The molecular formula is C25H32N4O4. The van der Waals surface area contributed by atoms with E-state index in [4.69, 9.17) is 24.4 Å². The van der Waals surface area contributed by atoms with Crippen LogP contribution in [-0.2, 0) is 22.7 Å². The van der Waals surface area contributed by atoms with Gasteiger partial charge in [0.05, 0.1) is 25.5 Å². The van der Waals surface area contributed by atoms with Crippen molar-refractivity contribution in [2.24, 2.45) is 0 Å². The summed E-state index contributed by atoms with van der Waals surface area (Å²) < 4.78 is 22.9. The molecule has 0 radical (unpaired) electrons. The van der Waals surface area contributed by atoms with Crippen molar-refractivity contribution in [3.8, 4) is 17.0 Å². The SMILES string of the molecule is Nc1ccc(OCCN2CCCC2)c(COC/C=C/COCc2cc(-c3ccn[nH]3)co2)c1. The van der Waals surface area contributed by atoms with Crippen LogP contribution in [0.4, 0.5) is 5.69 Å². The molecule has 1 aromatic carbocycles. The van der Waals surface area contributed by atoms with Gasteiger partial charge in [-0.2, -0.15) is 5.10 Å². The molecule has 0 aliphatic carbocycles. The lowest BCUT2D eigenvalue weighted by Crippen LogP contribution is -2.25. The molecule has 1 saturated heterocycles. The average molecular weight is 453 g/mol. The first-order valence-electron chi connectivity index (χ1n) is 11.4. The molecule has 3 heterocycles. The molecule has 0 atom stereocenters. The van der Waals surface area contributed by atoms with Gasteiger partial charge in [0, 0.05) is 29.6 Å². The molecule has 1 aliphatic heterocycles. The molecule has 0 saturated carbocycles. The molecule has 8 nitrogen and oxygen atoms in total. The number of nitrogens with one attached hydrogen (secondary N) is 1. The van der Waals surface area contributed by atoms with Crippen LogP contribution in [-0.4, -0.2) is 54.6 Å². The van der Waals surface area contributed by atoms with Gasteiger partial charge in [-0.25, -0.2) is 0 Å². The Morgan fingerprint density at radius 3 is 2.67 bits per heavy atom. The zero-order valence-electron chi connectivity index (χ0n) is 18.9. The number of aromatic amines is 1. The third-order valence-electron chi connectivity index (χ3n) is 5.51. The van der Waals surface area contributed by atoms with Crippen LogP contribution in [0.15, 0.2) is 59.4 Å². The van der Waals surface area contributed by atoms with Crippen LogP contribution < -0.4 is 10.5 Å². The summed E-state index contributed by atoms with van der Waals surface area (Å²) in [5, 5.41) is 6.85. The molecule has 2 aromatic heterocycles. The van der Waals surface area contributed by atoms with Crippen LogP contribution in [0, 0.1) is 0 Å². The number of benzene rings is 1. The highest BCUT2D eigenvalue weighted by molar-refractivity contribution is 5.57. The van der Waals surface area contributed by atoms with Gasteiger partial charge in [0.2, 0.25) is 0 Å². The van der Waals surface area contributed by atoms with Crippen LogP contribution in [0.25, 0.3) is 11.3 Å². The summed E-state index contributed by atoms with van der Waals surface area (Å²) >= 11 is 0. The second kappa shape index (κ2) is 12.2. The lowest BCUT2D eigenvalue weighted by atomic mass is 10.2. The third-order valence-corrected chi connectivity index (χ3v) is 5.51. The molecule has 176 valence electrons. The maximum absolute atomic E-state index is 6.00. The lowest BCUT2D eigenvalue weighted by molar-refractivity contribution is 0.128. The van der Waals surface area contributed by atoms with E-state index in [0.717, 1.165) is 34.9 Å². The highest BCUT2D eigenvalue weighted by Gasteiger charge is 2.12. The number of anilines is 1. The fraction of sp³-hybridized carbons (Fsp3) is 0.400. The van der Waals surface area contributed by atoms with E-state index in [-0.39, 0.29) is 0 Å². The van der Waals surface area contributed by atoms with E-state index in [1.54, 1.807) is 12.5 Å². The van der Waals surface area contributed by atoms with Gasteiger partial charge in [-0.15, -0.1) is 0 Å². The number of H-pyrrole nitrogens is 1. The van der Waals surface area contributed by atoms with Crippen molar-refractivity contribution in [1.29, 1.82) is 0 Å². The van der Waals surface area contributed by atoms with E-state index in [2.05, 4.69) is 15.1 Å². The van der Waals surface area contributed by atoms with E-state index >= 15 is 0 Å². The van der Waals surface area contributed by atoms with Crippen molar-refractivity contribution in [2.75, 3.05) is 45.2 Å². The summed E-state index contributed by atoms with van der Waals surface area (Å²) in [5.41, 5.74) is 9.50. The van der Waals surface area contributed by atoms with E-state index in [9.17, 15) is 0 Å². The summed E-state index contributed by atoms with van der Waals surface area (Å²) in [5.74, 6) is 1.60. The normalized spacial score (nSPS) is 14.4. The van der Waals surface area contributed by atoms with Gasteiger partial charge in [0.1, 0.15) is 31.0 Å². The number of nitrogen functional groups attached to an aromatic ring is 1. The molecule has 1 fully saturated rings. The topological polar surface area (TPSA) is 98.8 Å². The van der Waals surface area contributed by atoms with Crippen molar-refractivity contribution in [3.63, 3.8) is 0 Å². The Labute approximate surface area is 194 Å². The zero-order valence-corrected chi connectivity index (χ0v) is 18.9. The van der Waals surface area contributed by atoms with Crippen LogP contribution in [0.2, 0.25) is 0 Å². The highest BCUT2D eigenvalue weighted by Crippen LogP contribution is 2.23. The van der Waals surface area contributed by atoms with E-state index in [0.29, 0.717) is 38.7 Å². The van der Waals surface area contributed by atoms with Crippen molar-refractivity contribution in [1.82, 2.24) is 15.1 Å². The number of ether oxygens (including phenoxy) is 3. The number of likely N-dealkylation sites (tertiary alicyclic amines) is 1. The van der Waals surface area contributed by atoms with E-state index in [1.807, 2.05) is 42.5 Å². The van der Waals surface area contributed by atoms with Gasteiger partial charge in [-0.1, -0.05) is 12.2 Å². The number of hydrogen-bond donors (Lipinski definition) is 2. The van der Waals surface area contributed by atoms with Gasteiger partial charge in [-0.3, -0.25) is 10.00 Å². The molecule has 0 bridgehead atoms. The minimum Gasteiger partial charge on any atom is -0.492 e. The lowest BCUT2D eigenvalue weighted by Gasteiger charge is -2.17. The summed E-state index contributed by atoms with van der Waals surface area (Å²) in [6.45, 7) is 5.78. The average Bonchev–Trinajstić information content (AvgIpc) is 3.60. The van der Waals surface area contributed by atoms with E-state index in [1.165, 1.54) is 25.9 Å². The zero-order chi connectivity index (χ0) is 22.7. The summed E-state index contributed by atoms with van der Waals surface area (Å²) in [4.78, 5) is 2.44. The van der Waals surface area contributed by atoms with Crippen molar-refractivity contribution < 1.29 is 18.6 Å². The molecule has 3 aromatic rings. The fourth-order valence-corrected chi connectivity index (χ4v) is 3.76. The molecule has 0 amide bonds. The standard InChI is InChI=1S/C25H32N4O4/c26-22-5-6-25(32-14-11-29-9-1-2-10-29)21(15-22)17-30-12-3-4-13-31-19-23-16-20(18-33-23)24-7-8-27-28-24/h3-8,15-16,18H,1-2,9-14,17,19,26H2,(H,27,28)/b4-3+. The maximum Gasteiger partial charge on any atom is 0.130 e. The predicted octanol–water partition coefficient (Wildman–Crippen LogP) is 4.02. The minimum atomic E-state index is 0.404. The van der Waals surface area contributed by atoms with Crippen molar-refractivity contribution in [2.45, 2.75) is 26.1 Å². The summed E-state index contributed by atoms with van der Waals surface area (Å²) in [6, 6.07) is 9.54. The largest absolute Gasteiger partial charge is 0.492 e. The molecule has 8 heteroatoms. The second-order valence-corrected chi connectivity index (χ2v) is 8.04. The third kappa shape index (κ3) is 7.21. The smallest absolute Gasteiger partial charge is 0.130 e. The first kappa shape index (κ1) is 23.1. The molecular weight excluding hydrogens is 420 g/mol. The van der Waals surface area contributed by atoms with Crippen LogP contribution in [0.1, 0.15) is 24.2 Å². The Kier molecular flexibility index (Phi) is 8.57. The number of rotatable bonds is 13. The molecule has 0 spiro atoms. The molecule has 4 rings (SSSR count). The molecule has 1 aliphatic rings. The van der Waals surface area contributed by atoms with Gasteiger partial charge in [0.25, 0.3) is 0 Å². The molecule has 3 N–H and O–H groups in total. The molecule has 0 unspecified atom stereocenters. The first-order valence-corrected chi connectivity index (χ1v) is 11.4. The van der Waals surface area contributed by atoms with Crippen LogP contribution in [0.5, 0.6) is 5.75 Å². The monoisotopic (exact) mass is 452 g/mol. The Bertz CT molecular complexity index is 994. The predicted molar refractivity (Wildman–Crippen MR) is 127 cm³/mol. The Morgan fingerprint density at radius 1 is 1.06 bits per heavy atom. The number of hydrogen-bond acceptors (Lipinski definition) is 7. The van der Waals surface area contributed by atoms with E-state index < -0.39 is 0 Å². The first-order chi connectivity index (χ1) is 16.3. The number of furan rings is 1. The minimum absolute atomic E-state index is 0.404. The quantitative estimate of drug-likeness (QED) is 0.230. The fourth-order valence-electron chi connectivity index (χ4n) is 3.76. The number of aromatic nitrogens is 2. The van der Waals surface area contributed by atoms with Gasteiger partial charge < -0.3 is 24.4 Å². The van der Waals surface area contributed by atoms with Gasteiger partial charge in [-0.05, 0) is 56.3 Å². The van der Waals surface area contributed by atoms with Crippen LogP contribution in [0.3, 0.4) is 0 Å². The summed E-state index contributed by atoms with van der Waals surface area (Å²) in [6.07, 6.45) is 9.85.